The van der Waals surface area contributed by atoms with Crippen molar-refractivity contribution in [3.63, 3.8) is 0 Å². The number of hydrogen-bond donors (Lipinski definition) is 7. The summed E-state index contributed by atoms with van der Waals surface area (Å²) in [5.41, 5.74) is 0. The topological polar surface area (TPSA) is 231 Å². The average Bonchev–Trinajstić information content (AvgIpc) is 3.13. The lowest BCUT2D eigenvalue weighted by Gasteiger charge is -2.42. The maximum absolute atomic E-state index is 12.8. The minimum absolute atomic E-state index is 0.170. The van der Waals surface area contributed by atoms with E-state index in [1.54, 1.807) is 0 Å². The number of aliphatic hydroxyl groups excluding tert-OH is 7. The summed E-state index contributed by atoms with van der Waals surface area (Å²) in [5.74, 6) is -0.943. The summed E-state index contributed by atoms with van der Waals surface area (Å²) in [6, 6.07) is 0. The van der Waals surface area contributed by atoms with Crippen LogP contribution in [0.5, 0.6) is 0 Å². The number of aliphatic hydroxyl groups is 7. The molecule has 306 valence electrons. The smallest absolute Gasteiger partial charge is 0.306 e. The lowest BCUT2D eigenvalue weighted by molar-refractivity contribution is -0.332. The Kier molecular flexibility index (Phi) is 24.3. The van der Waals surface area contributed by atoms with Gasteiger partial charge >= 0.3 is 11.9 Å². The maximum atomic E-state index is 12.8. The first-order chi connectivity index (χ1) is 25.0. The third kappa shape index (κ3) is 17.3. The summed E-state index contributed by atoms with van der Waals surface area (Å²) < 4.78 is 33.1. The molecule has 0 radical (unpaired) electrons. The fourth-order valence-corrected chi connectivity index (χ4v) is 6.21. The molecule has 2 aliphatic heterocycles. The largest absolute Gasteiger partial charge is 0.462 e. The van der Waals surface area contributed by atoms with Crippen molar-refractivity contribution >= 4 is 11.9 Å². The fraction of sp³-hybridized carbons (Fsp3) is 0.946. The number of carbonyl (C=O) groups is 2. The normalized spacial score (nSPS) is 29.9. The Hall–Kier alpha value is -1.50. The van der Waals surface area contributed by atoms with Crippen molar-refractivity contribution in [1.29, 1.82) is 0 Å². The summed E-state index contributed by atoms with van der Waals surface area (Å²) >= 11 is 0. The summed E-state index contributed by atoms with van der Waals surface area (Å²) in [6.45, 7) is 2.41. The summed E-state index contributed by atoms with van der Waals surface area (Å²) in [4.78, 5) is 25.1. The quantitative estimate of drug-likeness (QED) is 0.0449. The van der Waals surface area contributed by atoms with Crippen LogP contribution in [0.2, 0.25) is 0 Å². The molecule has 0 saturated carbocycles. The standard InChI is InChI=1S/C37H68O15/c1-3-5-7-9-10-11-12-13-14-15-16-18-20-29(40)50-25(22-47-28(39)19-17-8-6-4-2)23-48-36-35(46)33(44)31(42)27(52-36)24-49-37-34(45)32(43)30(41)26(21-38)51-37/h25-27,30-38,41-46H,3-24H2,1-2H3. The van der Waals surface area contributed by atoms with Crippen LogP contribution in [0.3, 0.4) is 0 Å². The van der Waals surface area contributed by atoms with Gasteiger partial charge in [-0.1, -0.05) is 104 Å². The Morgan fingerprint density at radius 3 is 1.52 bits per heavy atom. The molecule has 52 heavy (non-hydrogen) atoms. The van der Waals surface area contributed by atoms with Gasteiger partial charge in [0.1, 0.15) is 55.4 Å². The van der Waals surface area contributed by atoms with E-state index in [2.05, 4.69) is 13.8 Å². The second-order valence-electron chi connectivity index (χ2n) is 14.1. The summed E-state index contributed by atoms with van der Waals surface area (Å²) in [5, 5.41) is 71.3. The number of carbonyl (C=O) groups excluding carboxylic acids is 2. The molecule has 2 saturated heterocycles. The molecule has 0 aromatic carbocycles. The van der Waals surface area contributed by atoms with Gasteiger partial charge in [-0.3, -0.25) is 9.59 Å². The maximum Gasteiger partial charge on any atom is 0.306 e. The van der Waals surface area contributed by atoms with Crippen LogP contribution in [0.15, 0.2) is 0 Å². The molecule has 0 aromatic heterocycles. The van der Waals surface area contributed by atoms with Gasteiger partial charge in [-0.2, -0.15) is 0 Å². The molecule has 2 fully saturated rings. The number of ether oxygens (including phenoxy) is 6. The van der Waals surface area contributed by atoms with Crippen molar-refractivity contribution in [2.75, 3.05) is 26.4 Å². The highest BCUT2D eigenvalue weighted by molar-refractivity contribution is 5.70. The molecular formula is C37H68O15. The van der Waals surface area contributed by atoms with Gasteiger partial charge in [-0.25, -0.2) is 0 Å². The Morgan fingerprint density at radius 1 is 0.538 bits per heavy atom. The molecular weight excluding hydrogens is 684 g/mol. The number of unbranched alkanes of at least 4 members (excludes halogenated alkanes) is 14. The van der Waals surface area contributed by atoms with E-state index in [9.17, 15) is 45.3 Å². The lowest BCUT2D eigenvalue weighted by atomic mass is 9.98. The fourth-order valence-electron chi connectivity index (χ4n) is 6.21. The first kappa shape index (κ1) is 46.7. The van der Waals surface area contributed by atoms with Crippen molar-refractivity contribution in [3.8, 4) is 0 Å². The monoisotopic (exact) mass is 752 g/mol. The van der Waals surface area contributed by atoms with Crippen LogP contribution in [0.25, 0.3) is 0 Å². The molecule has 11 atom stereocenters. The highest BCUT2D eigenvalue weighted by Crippen LogP contribution is 2.26. The van der Waals surface area contributed by atoms with Crippen LogP contribution in [0.1, 0.15) is 129 Å². The lowest BCUT2D eigenvalue weighted by Crippen LogP contribution is -2.61. The molecule has 15 nitrogen and oxygen atoms in total. The van der Waals surface area contributed by atoms with Gasteiger partial charge in [-0.15, -0.1) is 0 Å². The molecule has 0 bridgehead atoms. The van der Waals surface area contributed by atoms with Crippen molar-refractivity contribution in [1.82, 2.24) is 0 Å². The van der Waals surface area contributed by atoms with Crippen LogP contribution in [-0.2, 0) is 38.0 Å². The Labute approximate surface area is 308 Å². The minimum atomic E-state index is -1.75. The van der Waals surface area contributed by atoms with Crippen LogP contribution < -0.4 is 0 Å². The molecule has 0 aliphatic carbocycles. The molecule has 2 rings (SSSR count). The van der Waals surface area contributed by atoms with Gasteiger partial charge in [0.25, 0.3) is 0 Å². The van der Waals surface area contributed by atoms with Gasteiger partial charge < -0.3 is 64.2 Å². The van der Waals surface area contributed by atoms with Gasteiger partial charge in [0.15, 0.2) is 18.7 Å². The first-order valence-corrected chi connectivity index (χ1v) is 19.6. The third-order valence-corrected chi connectivity index (χ3v) is 9.59. The van der Waals surface area contributed by atoms with E-state index in [-0.39, 0.29) is 26.1 Å². The van der Waals surface area contributed by atoms with Crippen LogP contribution in [-0.4, -0.2) is 142 Å². The number of esters is 2. The van der Waals surface area contributed by atoms with Crippen molar-refractivity contribution in [3.05, 3.63) is 0 Å². The van der Waals surface area contributed by atoms with Crippen LogP contribution >= 0.6 is 0 Å². The molecule has 0 spiro atoms. The molecule has 11 unspecified atom stereocenters. The Balaban J connectivity index is 1.87. The summed E-state index contributed by atoms with van der Waals surface area (Å²) in [6.07, 6.45) is 0.969. The predicted molar refractivity (Wildman–Crippen MR) is 188 cm³/mol. The van der Waals surface area contributed by atoms with Crippen molar-refractivity contribution in [2.45, 2.75) is 197 Å². The zero-order valence-electron chi connectivity index (χ0n) is 31.3. The van der Waals surface area contributed by atoms with Gasteiger partial charge in [0, 0.05) is 12.8 Å². The zero-order chi connectivity index (χ0) is 38.3. The van der Waals surface area contributed by atoms with E-state index in [4.69, 9.17) is 28.4 Å². The second-order valence-corrected chi connectivity index (χ2v) is 14.1. The molecule has 0 amide bonds. The van der Waals surface area contributed by atoms with E-state index in [0.717, 1.165) is 38.5 Å². The van der Waals surface area contributed by atoms with Crippen molar-refractivity contribution < 1.29 is 73.8 Å². The van der Waals surface area contributed by atoms with E-state index in [1.165, 1.54) is 51.4 Å². The van der Waals surface area contributed by atoms with Gasteiger partial charge in [0.2, 0.25) is 0 Å². The Bertz CT molecular complexity index is 939. The summed E-state index contributed by atoms with van der Waals surface area (Å²) in [7, 11) is 0. The highest BCUT2D eigenvalue weighted by Gasteiger charge is 2.47. The van der Waals surface area contributed by atoms with Crippen LogP contribution in [0.4, 0.5) is 0 Å². The number of hydrogen-bond acceptors (Lipinski definition) is 15. The first-order valence-electron chi connectivity index (χ1n) is 19.6. The van der Waals surface area contributed by atoms with Crippen molar-refractivity contribution in [2.24, 2.45) is 0 Å². The van der Waals surface area contributed by atoms with Gasteiger partial charge in [0.05, 0.1) is 19.8 Å². The van der Waals surface area contributed by atoms with E-state index < -0.39 is 92.7 Å². The van der Waals surface area contributed by atoms with E-state index in [1.807, 2.05) is 0 Å². The van der Waals surface area contributed by atoms with E-state index in [0.29, 0.717) is 12.8 Å². The van der Waals surface area contributed by atoms with Crippen LogP contribution in [0, 0.1) is 0 Å². The molecule has 0 aromatic rings. The van der Waals surface area contributed by atoms with Gasteiger partial charge in [-0.05, 0) is 12.8 Å². The SMILES string of the molecule is CCCCCCCCCCCCCCC(=O)OC(COC(=O)CCCCCC)COC1OC(COC2OC(CO)C(O)C(O)C2O)C(O)C(O)C1O. The van der Waals surface area contributed by atoms with E-state index >= 15 is 0 Å². The Morgan fingerprint density at radius 2 is 0.981 bits per heavy atom. The average molecular weight is 753 g/mol. The second kappa shape index (κ2) is 27.1. The molecule has 2 heterocycles. The zero-order valence-corrected chi connectivity index (χ0v) is 31.3. The molecule has 2 aliphatic rings. The molecule has 7 N–H and O–H groups in total. The number of rotatable bonds is 28. The highest BCUT2D eigenvalue weighted by atomic mass is 16.7. The predicted octanol–water partition coefficient (Wildman–Crippen LogP) is 2.14. The minimum Gasteiger partial charge on any atom is -0.462 e. The third-order valence-electron chi connectivity index (χ3n) is 9.59. The molecule has 15 heteroatoms.